The first-order chi connectivity index (χ1) is 5.83. The first kappa shape index (κ1) is 6.98. The lowest BCUT2D eigenvalue weighted by Gasteiger charge is -1.98. The maximum absolute atomic E-state index is 9.61. The molecule has 0 radical (unpaired) electrons. The first-order valence-electron chi connectivity index (χ1n) is 3.64. The molecule has 0 aliphatic heterocycles. The molecular formula is C10H8O2. The van der Waals surface area contributed by atoms with Crippen molar-refractivity contribution < 1.29 is 9.52 Å². The summed E-state index contributed by atoms with van der Waals surface area (Å²) >= 11 is 0. The second kappa shape index (κ2) is 2.41. The van der Waals surface area contributed by atoms with Crippen molar-refractivity contribution in [2.75, 3.05) is 0 Å². The van der Waals surface area contributed by atoms with Crippen molar-refractivity contribution in [2.24, 2.45) is 0 Å². The predicted octanol–water partition coefficient (Wildman–Crippen LogP) is 2.78. The van der Waals surface area contributed by atoms with Gasteiger partial charge in [-0.3, -0.25) is 0 Å². The van der Waals surface area contributed by atoms with Gasteiger partial charge in [-0.25, -0.2) is 0 Å². The molecule has 0 saturated carbocycles. The number of phenolic OH excluding ortho intramolecular Hbond substituents is 1. The van der Waals surface area contributed by atoms with Crippen molar-refractivity contribution in [1.29, 1.82) is 0 Å². The van der Waals surface area contributed by atoms with E-state index in [9.17, 15) is 5.11 Å². The molecule has 2 aromatic rings. The highest BCUT2D eigenvalue weighted by Crippen LogP contribution is 2.29. The summed E-state index contributed by atoms with van der Waals surface area (Å²) in [5.74, 6) is 0.233. The third kappa shape index (κ3) is 0.815. The molecule has 0 atom stereocenters. The van der Waals surface area contributed by atoms with Crippen LogP contribution >= 0.6 is 0 Å². The Labute approximate surface area is 69.7 Å². The van der Waals surface area contributed by atoms with E-state index in [0.29, 0.717) is 5.58 Å². The minimum absolute atomic E-state index is 0.233. The standard InChI is InChI=1S/C10H8O2/c1-2-7-3-4-9-8(10(7)11)5-6-12-9/h2-6,11H,1H2. The number of hydrogen-bond donors (Lipinski definition) is 1. The van der Waals surface area contributed by atoms with E-state index in [-0.39, 0.29) is 5.75 Å². The van der Waals surface area contributed by atoms with Crippen molar-refractivity contribution >= 4 is 17.0 Å². The van der Waals surface area contributed by atoms with E-state index in [1.54, 1.807) is 24.5 Å². The zero-order valence-electron chi connectivity index (χ0n) is 6.45. The van der Waals surface area contributed by atoms with Gasteiger partial charge in [0.15, 0.2) is 0 Å². The molecule has 2 rings (SSSR count). The number of hydrogen-bond acceptors (Lipinski definition) is 2. The van der Waals surface area contributed by atoms with Crippen LogP contribution in [0.3, 0.4) is 0 Å². The smallest absolute Gasteiger partial charge is 0.137 e. The number of furan rings is 1. The molecule has 1 heterocycles. The fourth-order valence-electron chi connectivity index (χ4n) is 1.21. The fourth-order valence-corrected chi connectivity index (χ4v) is 1.21. The van der Waals surface area contributed by atoms with Crippen LogP contribution in [0.4, 0.5) is 0 Å². The zero-order chi connectivity index (χ0) is 8.55. The SMILES string of the molecule is C=Cc1ccc2occc2c1O. The minimum atomic E-state index is 0.233. The molecular weight excluding hydrogens is 152 g/mol. The van der Waals surface area contributed by atoms with E-state index in [0.717, 1.165) is 10.9 Å². The van der Waals surface area contributed by atoms with Crippen LogP contribution in [-0.4, -0.2) is 5.11 Å². The molecule has 0 fully saturated rings. The van der Waals surface area contributed by atoms with Crippen LogP contribution in [0.15, 0.2) is 35.5 Å². The van der Waals surface area contributed by atoms with Gasteiger partial charge in [0.25, 0.3) is 0 Å². The van der Waals surface area contributed by atoms with Crippen molar-refractivity contribution in [1.82, 2.24) is 0 Å². The van der Waals surface area contributed by atoms with E-state index in [2.05, 4.69) is 6.58 Å². The van der Waals surface area contributed by atoms with Gasteiger partial charge in [0.1, 0.15) is 11.3 Å². The quantitative estimate of drug-likeness (QED) is 0.695. The summed E-state index contributed by atoms with van der Waals surface area (Å²) in [6.07, 6.45) is 3.17. The Morgan fingerprint density at radius 2 is 2.17 bits per heavy atom. The average Bonchev–Trinajstić information content (AvgIpc) is 2.53. The first-order valence-corrected chi connectivity index (χ1v) is 3.64. The van der Waals surface area contributed by atoms with E-state index in [4.69, 9.17) is 4.42 Å². The maximum atomic E-state index is 9.61. The Kier molecular flexibility index (Phi) is 1.40. The second-order valence-electron chi connectivity index (χ2n) is 2.54. The van der Waals surface area contributed by atoms with Crippen molar-refractivity contribution in [3.63, 3.8) is 0 Å². The Hall–Kier alpha value is -1.70. The number of fused-ring (bicyclic) bond motifs is 1. The van der Waals surface area contributed by atoms with Gasteiger partial charge in [-0.15, -0.1) is 0 Å². The molecule has 0 saturated heterocycles. The van der Waals surface area contributed by atoms with Crippen LogP contribution < -0.4 is 0 Å². The predicted molar refractivity (Wildman–Crippen MR) is 48.0 cm³/mol. The minimum Gasteiger partial charge on any atom is -0.507 e. The molecule has 0 aliphatic rings. The monoisotopic (exact) mass is 160 g/mol. The Balaban J connectivity index is 2.86. The average molecular weight is 160 g/mol. The van der Waals surface area contributed by atoms with Gasteiger partial charge < -0.3 is 9.52 Å². The number of benzene rings is 1. The maximum Gasteiger partial charge on any atom is 0.137 e. The molecule has 0 amide bonds. The number of phenols is 1. The van der Waals surface area contributed by atoms with Crippen molar-refractivity contribution in [3.05, 3.63) is 36.6 Å². The fraction of sp³-hybridized carbons (Fsp3) is 0. The molecule has 2 heteroatoms. The molecule has 60 valence electrons. The summed E-state index contributed by atoms with van der Waals surface area (Å²) in [5.41, 5.74) is 1.42. The van der Waals surface area contributed by atoms with Crippen molar-refractivity contribution in [3.8, 4) is 5.75 Å². The van der Waals surface area contributed by atoms with E-state index < -0.39 is 0 Å². The summed E-state index contributed by atoms with van der Waals surface area (Å²) < 4.78 is 5.10. The molecule has 0 spiro atoms. The Morgan fingerprint density at radius 1 is 1.33 bits per heavy atom. The highest BCUT2D eigenvalue weighted by atomic mass is 16.3. The van der Waals surface area contributed by atoms with Gasteiger partial charge >= 0.3 is 0 Å². The van der Waals surface area contributed by atoms with Crippen LogP contribution in [0.25, 0.3) is 17.0 Å². The van der Waals surface area contributed by atoms with Crippen LogP contribution in [0.5, 0.6) is 5.75 Å². The molecule has 0 aliphatic carbocycles. The number of rotatable bonds is 1. The molecule has 1 aromatic carbocycles. The van der Waals surface area contributed by atoms with Gasteiger partial charge in [-0.05, 0) is 18.2 Å². The van der Waals surface area contributed by atoms with Gasteiger partial charge in [-0.2, -0.15) is 0 Å². The highest BCUT2D eigenvalue weighted by Gasteiger charge is 2.04. The summed E-state index contributed by atoms with van der Waals surface area (Å²) in [4.78, 5) is 0. The van der Waals surface area contributed by atoms with Crippen LogP contribution in [0.2, 0.25) is 0 Å². The summed E-state index contributed by atoms with van der Waals surface area (Å²) in [7, 11) is 0. The van der Waals surface area contributed by atoms with E-state index >= 15 is 0 Å². The number of aromatic hydroxyl groups is 1. The highest BCUT2D eigenvalue weighted by molar-refractivity contribution is 5.87. The largest absolute Gasteiger partial charge is 0.507 e. The Bertz CT molecular complexity index is 426. The van der Waals surface area contributed by atoms with E-state index in [1.807, 2.05) is 6.07 Å². The van der Waals surface area contributed by atoms with Crippen LogP contribution in [0, 0.1) is 0 Å². The zero-order valence-corrected chi connectivity index (χ0v) is 6.45. The summed E-state index contributed by atoms with van der Waals surface area (Å²) in [6, 6.07) is 5.32. The molecule has 2 nitrogen and oxygen atoms in total. The third-order valence-corrected chi connectivity index (χ3v) is 1.86. The van der Waals surface area contributed by atoms with Gasteiger partial charge in [0.05, 0.1) is 11.6 Å². The molecule has 1 aromatic heterocycles. The van der Waals surface area contributed by atoms with Crippen LogP contribution in [0.1, 0.15) is 5.56 Å². The van der Waals surface area contributed by atoms with Gasteiger partial charge in [0.2, 0.25) is 0 Å². The lowest BCUT2D eigenvalue weighted by molar-refractivity contribution is 0.480. The summed E-state index contributed by atoms with van der Waals surface area (Å²) in [5, 5.41) is 10.3. The van der Waals surface area contributed by atoms with Crippen molar-refractivity contribution in [2.45, 2.75) is 0 Å². The summed E-state index contributed by atoms with van der Waals surface area (Å²) in [6.45, 7) is 3.59. The lowest BCUT2D eigenvalue weighted by atomic mass is 10.1. The van der Waals surface area contributed by atoms with E-state index in [1.165, 1.54) is 0 Å². The topological polar surface area (TPSA) is 33.4 Å². The third-order valence-electron chi connectivity index (χ3n) is 1.86. The molecule has 12 heavy (non-hydrogen) atoms. The molecule has 1 N–H and O–H groups in total. The normalized spacial score (nSPS) is 10.3. The Morgan fingerprint density at radius 3 is 2.92 bits per heavy atom. The molecule has 0 unspecified atom stereocenters. The van der Waals surface area contributed by atoms with Gasteiger partial charge in [-0.1, -0.05) is 12.7 Å². The van der Waals surface area contributed by atoms with Crippen LogP contribution in [-0.2, 0) is 0 Å². The van der Waals surface area contributed by atoms with Gasteiger partial charge in [0, 0.05) is 5.56 Å². The molecule has 0 bridgehead atoms. The lowest BCUT2D eigenvalue weighted by Crippen LogP contribution is -1.73. The second-order valence-corrected chi connectivity index (χ2v) is 2.54.